The molecule has 0 radical (unpaired) electrons. The number of alkyl carbamates (subject to hydrolysis) is 1. The monoisotopic (exact) mass is 346 g/mol. The van der Waals surface area contributed by atoms with Gasteiger partial charge in [0.1, 0.15) is 11.4 Å². The van der Waals surface area contributed by atoms with Crippen LogP contribution in [-0.4, -0.2) is 22.3 Å². The average Bonchev–Trinajstić information content (AvgIpc) is 2.79. The Morgan fingerprint density at radius 2 is 2.16 bits per heavy atom. The molecule has 0 spiro atoms. The Morgan fingerprint density at radius 3 is 2.84 bits per heavy atom. The molecule has 0 unspecified atom stereocenters. The number of hydrogen-bond donors (Lipinski definition) is 1. The minimum atomic E-state index is -0.510. The highest BCUT2D eigenvalue weighted by Gasteiger charge is 2.27. The molecule has 3 rings (SSSR count). The van der Waals surface area contributed by atoms with Crippen molar-refractivity contribution in [2.75, 3.05) is 0 Å². The van der Waals surface area contributed by atoms with Crippen molar-refractivity contribution in [1.82, 2.24) is 9.88 Å². The van der Waals surface area contributed by atoms with Crippen LogP contribution in [-0.2, 0) is 24.1 Å². The number of amides is 1. The Kier molecular flexibility index (Phi) is 4.76. The molecule has 1 atom stereocenters. The molecule has 1 aromatic carbocycles. The number of carbonyl (C=O) groups is 1. The van der Waals surface area contributed by atoms with E-state index in [2.05, 4.69) is 16.8 Å². The van der Waals surface area contributed by atoms with Gasteiger partial charge in [-0.3, -0.25) is 0 Å². The van der Waals surface area contributed by atoms with E-state index in [9.17, 15) is 9.18 Å². The first-order valence-electron chi connectivity index (χ1n) is 9.07. The Balaban J connectivity index is 1.87. The summed E-state index contributed by atoms with van der Waals surface area (Å²) in [5.74, 6) is -0.217. The predicted molar refractivity (Wildman–Crippen MR) is 97.4 cm³/mol. The Labute approximate surface area is 148 Å². The van der Waals surface area contributed by atoms with E-state index in [1.165, 1.54) is 11.8 Å². The van der Waals surface area contributed by atoms with Crippen molar-refractivity contribution in [3.8, 4) is 0 Å². The highest BCUT2D eigenvalue weighted by atomic mass is 19.1. The third kappa shape index (κ3) is 3.80. The molecule has 0 bridgehead atoms. The van der Waals surface area contributed by atoms with Gasteiger partial charge in [0.15, 0.2) is 0 Å². The van der Waals surface area contributed by atoms with Crippen molar-refractivity contribution < 1.29 is 13.9 Å². The molecular weight excluding hydrogens is 319 g/mol. The molecular formula is C20H27FN2O2. The summed E-state index contributed by atoms with van der Waals surface area (Å²) in [6.07, 6.45) is 3.11. The second kappa shape index (κ2) is 6.70. The van der Waals surface area contributed by atoms with Crippen LogP contribution in [0.25, 0.3) is 10.9 Å². The van der Waals surface area contributed by atoms with Crippen LogP contribution in [0, 0.1) is 5.82 Å². The van der Waals surface area contributed by atoms with Gasteiger partial charge < -0.3 is 14.6 Å². The van der Waals surface area contributed by atoms with E-state index >= 15 is 0 Å². The molecule has 136 valence electrons. The molecule has 0 saturated heterocycles. The third-order valence-corrected chi connectivity index (χ3v) is 4.60. The summed E-state index contributed by atoms with van der Waals surface area (Å²) < 4.78 is 21.5. The molecule has 1 aliphatic rings. The van der Waals surface area contributed by atoms with Crippen molar-refractivity contribution in [2.24, 2.45) is 0 Å². The van der Waals surface area contributed by atoms with Gasteiger partial charge in [-0.05, 0) is 70.2 Å². The Morgan fingerprint density at radius 1 is 1.40 bits per heavy atom. The molecule has 1 aromatic heterocycles. The van der Waals surface area contributed by atoms with Crippen LogP contribution < -0.4 is 5.32 Å². The summed E-state index contributed by atoms with van der Waals surface area (Å²) >= 11 is 0. The number of ether oxygens (including phenoxy) is 1. The fourth-order valence-electron chi connectivity index (χ4n) is 3.70. The zero-order chi connectivity index (χ0) is 18.2. The molecule has 0 saturated carbocycles. The molecule has 5 heteroatoms. The number of rotatable bonds is 3. The number of carbonyl (C=O) groups excluding carboxylic acids is 1. The van der Waals surface area contributed by atoms with Crippen molar-refractivity contribution >= 4 is 17.0 Å². The van der Waals surface area contributed by atoms with E-state index in [1.807, 2.05) is 26.8 Å². The van der Waals surface area contributed by atoms with Crippen molar-refractivity contribution in [1.29, 1.82) is 0 Å². The first-order chi connectivity index (χ1) is 11.8. The number of nitrogens with zero attached hydrogens (tertiary/aromatic N) is 1. The number of halogens is 1. The molecule has 0 fully saturated rings. The van der Waals surface area contributed by atoms with Crippen LogP contribution in [0.5, 0.6) is 0 Å². The maximum Gasteiger partial charge on any atom is 0.407 e. The highest BCUT2D eigenvalue weighted by Crippen LogP contribution is 2.33. The topological polar surface area (TPSA) is 43.3 Å². The lowest BCUT2D eigenvalue weighted by atomic mass is 9.91. The molecule has 4 nitrogen and oxygen atoms in total. The lowest BCUT2D eigenvalue weighted by Crippen LogP contribution is -2.42. The zero-order valence-corrected chi connectivity index (χ0v) is 15.5. The number of aromatic nitrogens is 1. The summed E-state index contributed by atoms with van der Waals surface area (Å²) in [7, 11) is 0. The quantitative estimate of drug-likeness (QED) is 0.884. The van der Waals surface area contributed by atoms with Gasteiger partial charge in [-0.2, -0.15) is 0 Å². The van der Waals surface area contributed by atoms with Crippen LogP contribution in [0.2, 0.25) is 0 Å². The van der Waals surface area contributed by atoms with Gasteiger partial charge in [-0.1, -0.05) is 6.92 Å². The molecule has 1 aliphatic carbocycles. The Bertz CT molecular complexity index is 789. The fraction of sp³-hybridized carbons (Fsp3) is 0.550. The normalized spacial score (nSPS) is 17.4. The zero-order valence-electron chi connectivity index (χ0n) is 15.5. The molecule has 1 N–H and O–H groups in total. The Hall–Kier alpha value is -2.04. The number of benzene rings is 1. The summed E-state index contributed by atoms with van der Waals surface area (Å²) in [5.41, 5.74) is 3.02. The van der Waals surface area contributed by atoms with Crippen LogP contribution >= 0.6 is 0 Å². The van der Waals surface area contributed by atoms with Gasteiger partial charge in [-0.15, -0.1) is 0 Å². The summed E-state index contributed by atoms with van der Waals surface area (Å²) in [6, 6.07) is 5.04. The second-order valence-electron chi connectivity index (χ2n) is 7.82. The summed E-state index contributed by atoms with van der Waals surface area (Å²) in [5, 5.41) is 3.94. The molecule has 2 aromatic rings. The number of hydrogen-bond acceptors (Lipinski definition) is 2. The first kappa shape index (κ1) is 17.8. The minimum Gasteiger partial charge on any atom is -0.444 e. The summed E-state index contributed by atoms with van der Waals surface area (Å²) in [4.78, 5) is 12.1. The van der Waals surface area contributed by atoms with Gasteiger partial charge in [0.05, 0.1) is 0 Å². The second-order valence-corrected chi connectivity index (χ2v) is 7.82. The smallest absolute Gasteiger partial charge is 0.407 e. The van der Waals surface area contributed by atoms with Gasteiger partial charge in [-0.25, -0.2) is 9.18 Å². The number of aryl methyl sites for hydroxylation is 1. The number of nitrogens with one attached hydrogen (secondary N) is 1. The highest BCUT2D eigenvalue weighted by molar-refractivity contribution is 5.86. The van der Waals surface area contributed by atoms with Crippen LogP contribution in [0.3, 0.4) is 0 Å². The maximum atomic E-state index is 13.8. The van der Waals surface area contributed by atoms with E-state index in [1.54, 1.807) is 6.07 Å². The standard InChI is InChI=1S/C20H27FN2O2/c1-5-10-23-17-8-6-13(21)11-15(17)16-12-14(7-9-18(16)23)22-19(24)25-20(2,3)4/h6,8,11,14H,5,7,9-10,12H2,1-4H3,(H,22,24)/t14-/m0/s1. The van der Waals surface area contributed by atoms with E-state index in [0.717, 1.165) is 42.3 Å². The molecule has 0 aliphatic heterocycles. The van der Waals surface area contributed by atoms with Crippen LogP contribution in [0.4, 0.5) is 9.18 Å². The van der Waals surface area contributed by atoms with Crippen molar-refractivity contribution in [3.05, 3.63) is 35.3 Å². The minimum absolute atomic E-state index is 0.0197. The first-order valence-corrected chi connectivity index (χ1v) is 9.07. The summed E-state index contributed by atoms with van der Waals surface area (Å²) in [6.45, 7) is 8.64. The molecule has 25 heavy (non-hydrogen) atoms. The number of fused-ring (bicyclic) bond motifs is 3. The lowest BCUT2D eigenvalue weighted by Gasteiger charge is -2.27. The van der Waals surface area contributed by atoms with Crippen LogP contribution in [0.15, 0.2) is 18.2 Å². The average molecular weight is 346 g/mol. The van der Waals surface area contributed by atoms with Crippen molar-refractivity contribution in [2.45, 2.75) is 71.6 Å². The lowest BCUT2D eigenvalue weighted by molar-refractivity contribution is 0.0500. The van der Waals surface area contributed by atoms with Gasteiger partial charge in [0, 0.05) is 29.2 Å². The van der Waals surface area contributed by atoms with E-state index < -0.39 is 5.60 Å². The van der Waals surface area contributed by atoms with E-state index in [4.69, 9.17) is 4.74 Å². The van der Waals surface area contributed by atoms with Gasteiger partial charge >= 0.3 is 6.09 Å². The van der Waals surface area contributed by atoms with Gasteiger partial charge in [0.2, 0.25) is 0 Å². The predicted octanol–water partition coefficient (Wildman–Crippen LogP) is 4.57. The largest absolute Gasteiger partial charge is 0.444 e. The fourth-order valence-corrected chi connectivity index (χ4v) is 3.70. The molecule has 1 amide bonds. The van der Waals surface area contributed by atoms with Crippen molar-refractivity contribution in [3.63, 3.8) is 0 Å². The molecule has 1 heterocycles. The van der Waals surface area contributed by atoms with Gasteiger partial charge in [0.25, 0.3) is 0 Å². The van der Waals surface area contributed by atoms with E-state index in [-0.39, 0.29) is 18.0 Å². The van der Waals surface area contributed by atoms with Crippen LogP contribution in [0.1, 0.15) is 51.8 Å². The SMILES string of the molecule is CCCn1c2c(c3cc(F)ccc31)C[C@@H](NC(=O)OC(C)(C)C)CC2. The third-order valence-electron chi connectivity index (χ3n) is 4.60. The van der Waals surface area contributed by atoms with E-state index in [0.29, 0.717) is 6.42 Å². The maximum absolute atomic E-state index is 13.8.